The molecule has 0 bridgehead atoms. The van der Waals surface area contributed by atoms with Gasteiger partial charge in [0.05, 0.1) is 7.11 Å². The van der Waals surface area contributed by atoms with Crippen molar-refractivity contribution in [3.8, 4) is 5.75 Å². The van der Waals surface area contributed by atoms with Gasteiger partial charge in [0, 0.05) is 31.1 Å². The molecule has 1 saturated heterocycles. The number of ether oxygens (including phenoxy) is 2. The third kappa shape index (κ3) is 3.12. The molecule has 2 aliphatic rings. The Morgan fingerprint density at radius 3 is 2.50 bits per heavy atom. The van der Waals surface area contributed by atoms with Crippen molar-refractivity contribution in [2.45, 2.75) is 37.5 Å². The molecule has 1 aliphatic carbocycles. The maximum absolute atomic E-state index is 12.2. The molecule has 1 heterocycles. The first-order chi connectivity index (χ1) is 10.7. The first-order valence-electron chi connectivity index (χ1n) is 8.23. The molecular weight excluding hydrogens is 278 g/mol. The van der Waals surface area contributed by atoms with Crippen LogP contribution in [0.25, 0.3) is 0 Å². The van der Waals surface area contributed by atoms with Crippen molar-refractivity contribution in [2.75, 3.05) is 26.9 Å². The first-order valence-corrected chi connectivity index (χ1v) is 8.23. The Morgan fingerprint density at radius 2 is 1.95 bits per heavy atom. The minimum atomic E-state index is -0.00999. The summed E-state index contributed by atoms with van der Waals surface area (Å²) in [5, 5.41) is 3.20. The lowest BCUT2D eigenvalue weighted by Gasteiger charge is -2.38. The van der Waals surface area contributed by atoms with Crippen LogP contribution >= 0.6 is 0 Å². The van der Waals surface area contributed by atoms with Gasteiger partial charge in [-0.1, -0.05) is 18.6 Å². The van der Waals surface area contributed by atoms with Crippen LogP contribution in [0.4, 0.5) is 0 Å². The third-order valence-corrected chi connectivity index (χ3v) is 5.23. The van der Waals surface area contributed by atoms with E-state index in [0.29, 0.717) is 6.54 Å². The SMILES string of the molecule is COc1ccc(C2(CNC(=O)C3CCC3)CCOCC2)cc1. The van der Waals surface area contributed by atoms with Gasteiger partial charge in [0.15, 0.2) is 0 Å². The van der Waals surface area contributed by atoms with Crippen molar-refractivity contribution in [2.24, 2.45) is 5.92 Å². The Bertz CT molecular complexity index is 502. The van der Waals surface area contributed by atoms with Crippen LogP contribution in [0, 0.1) is 5.92 Å². The molecule has 1 amide bonds. The minimum absolute atomic E-state index is 0.00999. The zero-order valence-corrected chi connectivity index (χ0v) is 13.3. The largest absolute Gasteiger partial charge is 0.497 e. The van der Waals surface area contributed by atoms with Gasteiger partial charge in [0.25, 0.3) is 0 Å². The van der Waals surface area contributed by atoms with E-state index in [4.69, 9.17) is 9.47 Å². The molecule has 0 aromatic heterocycles. The molecule has 4 nitrogen and oxygen atoms in total. The summed E-state index contributed by atoms with van der Waals surface area (Å²) in [6.45, 7) is 2.22. The van der Waals surface area contributed by atoms with E-state index in [1.54, 1.807) is 7.11 Å². The molecule has 1 saturated carbocycles. The third-order valence-electron chi connectivity index (χ3n) is 5.23. The topological polar surface area (TPSA) is 47.6 Å². The maximum Gasteiger partial charge on any atom is 0.223 e. The fourth-order valence-electron chi connectivity index (χ4n) is 3.35. The Kier molecular flexibility index (Phi) is 4.67. The molecule has 2 fully saturated rings. The lowest BCUT2D eigenvalue weighted by atomic mass is 9.73. The van der Waals surface area contributed by atoms with Crippen LogP contribution in [-0.2, 0) is 14.9 Å². The second kappa shape index (κ2) is 6.69. The average molecular weight is 303 g/mol. The zero-order chi connectivity index (χ0) is 15.4. The highest BCUT2D eigenvalue weighted by Crippen LogP contribution is 2.35. The number of rotatable bonds is 5. The fourth-order valence-corrected chi connectivity index (χ4v) is 3.35. The lowest BCUT2D eigenvalue weighted by molar-refractivity contribution is -0.127. The number of methoxy groups -OCH3 is 1. The van der Waals surface area contributed by atoms with Crippen molar-refractivity contribution in [1.82, 2.24) is 5.32 Å². The van der Waals surface area contributed by atoms with Crippen LogP contribution in [0.2, 0.25) is 0 Å². The highest BCUT2D eigenvalue weighted by molar-refractivity contribution is 5.79. The zero-order valence-electron chi connectivity index (χ0n) is 13.3. The number of nitrogens with one attached hydrogen (secondary N) is 1. The Morgan fingerprint density at radius 1 is 1.27 bits per heavy atom. The van der Waals surface area contributed by atoms with E-state index in [2.05, 4.69) is 17.4 Å². The summed E-state index contributed by atoms with van der Waals surface area (Å²) in [7, 11) is 1.68. The molecule has 0 spiro atoms. The molecule has 1 aromatic carbocycles. The maximum atomic E-state index is 12.2. The van der Waals surface area contributed by atoms with Crippen molar-refractivity contribution in [3.63, 3.8) is 0 Å². The predicted octanol–water partition coefficient (Wildman–Crippen LogP) is 2.66. The summed E-state index contributed by atoms with van der Waals surface area (Å²) < 4.78 is 10.8. The van der Waals surface area contributed by atoms with Crippen LogP contribution in [0.5, 0.6) is 5.75 Å². The molecule has 1 aromatic rings. The van der Waals surface area contributed by atoms with E-state index in [1.165, 1.54) is 12.0 Å². The van der Waals surface area contributed by atoms with Gasteiger partial charge in [-0.2, -0.15) is 0 Å². The molecule has 4 heteroatoms. The number of amides is 1. The van der Waals surface area contributed by atoms with E-state index < -0.39 is 0 Å². The highest BCUT2D eigenvalue weighted by atomic mass is 16.5. The number of carbonyl (C=O) groups excluding carboxylic acids is 1. The van der Waals surface area contributed by atoms with Gasteiger partial charge in [-0.3, -0.25) is 4.79 Å². The second-order valence-corrected chi connectivity index (χ2v) is 6.47. The van der Waals surface area contributed by atoms with E-state index in [1.807, 2.05) is 12.1 Å². The summed E-state index contributed by atoms with van der Waals surface area (Å²) in [5.41, 5.74) is 1.26. The molecule has 0 radical (unpaired) electrons. The van der Waals surface area contributed by atoms with E-state index in [0.717, 1.165) is 44.6 Å². The van der Waals surface area contributed by atoms with Crippen molar-refractivity contribution >= 4 is 5.91 Å². The van der Waals surface area contributed by atoms with E-state index in [9.17, 15) is 4.79 Å². The smallest absolute Gasteiger partial charge is 0.223 e. The summed E-state index contributed by atoms with van der Waals surface area (Å²) >= 11 is 0. The molecule has 1 aliphatic heterocycles. The molecule has 0 unspecified atom stereocenters. The van der Waals surface area contributed by atoms with E-state index in [-0.39, 0.29) is 17.2 Å². The standard InChI is InChI=1S/C18H25NO3/c1-21-16-7-5-15(6-8-16)18(9-11-22-12-10-18)13-19-17(20)14-3-2-4-14/h5-8,14H,2-4,9-13H2,1H3,(H,19,20). The fraction of sp³-hybridized carbons (Fsp3) is 0.611. The van der Waals surface area contributed by atoms with Gasteiger partial charge in [0.2, 0.25) is 5.91 Å². The second-order valence-electron chi connectivity index (χ2n) is 6.47. The number of hydrogen-bond acceptors (Lipinski definition) is 3. The monoisotopic (exact) mass is 303 g/mol. The molecule has 0 atom stereocenters. The molecule has 3 rings (SSSR count). The Hall–Kier alpha value is -1.55. The van der Waals surface area contributed by atoms with Crippen molar-refractivity contribution < 1.29 is 14.3 Å². The van der Waals surface area contributed by atoms with Gasteiger partial charge in [-0.15, -0.1) is 0 Å². The number of hydrogen-bond donors (Lipinski definition) is 1. The number of carbonyl (C=O) groups is 1. The van der Waals surface area contributed by atoms with Gasteiger partial charge in [-0.05, 0) is 43.4 Å². The van der Waals surface area contributed by atoms with Gasteiger partial charge < -0.3 is 14.8 Å². The molecular formula is C18H25NO3. The summed E-state index contributed by atoms with van der Waals surface area (Å²) in [5.74, 6) is 1.34. The lowest BCUT2D eigenvalue weighted by Crippen LogP contribution is -2.46. The van der Waals surface area contributed by atoms with Gasteiger partial charge in [-0.25, -0.2) is 0 Å². The van der Waals surface area contributed by atoms with Crippen molar-refractivity contribution in [1.29, 1.82) is 0 Å². The predicted molar refractivity (Wildman–Crippen MR) is 85.1 cm³/mol. The van der Waals surface area contributed by atoms with Crippen LogP contribution in [0.3, 0.4) is 0 Å². The van der Waals surface area contributed by atoms with Crippen LogP contribution in [-0.4, -0.2) is 32.8 Å². The van der Waals surface area contributed by atoms with Gasteiger partial charge >= 0.3 is 0 Å². The van der Waals surface area contributed by atoms with Crippen LogP contribution in [0.1, 0.15) is 37.7 Å². The van der Waals surface area contributed by atoms with Gasteiger partial charge in [0.1, 0.15) is 5.75 Å². The molecule has 22 heavy (non-hydrogen) atoms. The summed E-state index contributed by atoms with van der Waals surface area (Å²) in [4.78, 5) is 12.2. The average Bonchev–Trinajstić information content (AvgIpc) is 2.52. The minimum Gasteiger partial charge on any atom is -0.497 e. The van der Waals surface area contributed by atoms with Crippen molar-refractivity contribution in [3.05, 3.63) is 29.8 Å². The van der Waals surface area contributed by atoms with E-state index >= 15 is 0 Å². The van der Waals surface area contributed by atoms with Crippen LogP contribution < -0.4 is 10.1 Å². The summed E-state index contributed by atoms with van der Waals surface area (Å²) in [6.07, 6.45) is 5.18. The summed E-state index contributed by atoms with van der Waals surface area (Å²) in [6, 6.07) is 8.25. The molecule has 120 valence electrons. The highest BCUT2D eigenvalue weighted by Gasteiger charge is 2.36. The Labute approximate surface area is 132 Å². The number of benzene rings is 1. The first kappa shape index (κ1) is 15.3. The quantitative estimate of drug-likeness (QED) is 0.909. The van der Waals surface area contributed by atoms with Crippen LogP contribution in [0.15, 0.2) is 24.3 Å². The normalized spacial score (nSPS) is 21.0. The molecule has 1 N–H and O–H groups in total. The Balaban J connectivity index is 1.72.